The first-order valence-corrected chi connectivity index (χ1v) is 11.2. The van der Waals surface area contributed by atoms with Crippen LogP contribution in [0.5, 0.6) is 0 Å². The Balaban J connectivity index is 1.60. The smallest absolute Gasteiger partial charge is 0.248 e. The molecule has 1 aliphatic heterocycles. The Morgan fingerprint density at radius 1 is 1.00 bits per heavy atom. The zero-order valence-corrected chi connectivity index (χ0v) is 16.9. The van der Waals surface area contributed by atoms with Crippen LogP contribution >= 0.6 is 0 Å². The summed E-state index contributed by atoms with van der Waals surface area (Å²) in [5.41, 5.74) is 8.86. The lowest BCUT2D eigenvalue weighted by Crippen LogP contribution is -2.48. The van der Waals surface area contributed by atoms with Crippen LogP contribution in [0.15, 0.2) is 54.9 Å². The first kappa shape index (κ1) is 19.4. The summed E-state index contributed by atoms with van der Waals surface area (Å²) in [5.74, 6) is -0.460. The van der Waals surface area contributed by atoms with Gasteiger partial charge in [0.1, 0.15) is 0 Å². The maximum atomic E-state index is 11.7. The number of pyridine rings is 1. The van der Waals surface area contributed by atoms with Gasteiger partial charge in [-0.1, -0.05) is 18.2 Å². The molecule has 0 unspecified atom stereocenters. The van der Waals surface area contributed by atoms with Crippen molar-refractivity contribution in [3.05, 3.63) is 60.4 Å². The fraction of sp³-hybridized carbons (Fsp3) is 0.238. The highest BCUT2D eigenvalue weighted by Gasteiger charge is 2.23. The van der Waals surface area contributed by atoms with Gasteiger partial charge in [0, 0.05) is 60.8 Å². The Hall–Kier alpha value is -2.97. The average molecular weight is 410 g/mol. The molecule has 0 bridgehead atoms. The molecule has 0 saturated carbocycles. The van der Waals surface area contributed by atoms with Crippen LogP contribution in [0.1, 0.15) is 10.4 Å². The van der Waals surface area contributed by atoms with E-state index in [0.717, 1.165) is 27.6 Å². The number of carbonyl (C=O) groups is 1. The molecule has 2 N–H and O–H groups in total. The number of hydrogen-bond donors (Lipinski definition) is 1. The van der Waals surface area contributed by atoms with Crippen molar-refractivity contribution in [1.82, 2.24) is 9.29 Å². The Kier molecular flexibility index (Phi) is 4.97. The molecule has 0 atom stereocenters. The Morgan fingerprint density at radius 2 is 1.69 bits per heavy atom. The van der Waals surface area contributed by atoms with Crippen molar-refractivity contribution in [3.63, 3.8) is 0 Å². The average Bonchev–Trinajstić information content (AvgIpc) is 2.72. The van der Waals surface area contributed by atoms with Gasteiger partial charge in [-0.25, -0.2) is 8.42 Å². The summed E-state index contributed by atoms with van der Waals surface area (Å²) in [5, 5.41) is 1.86. The van der Waals surface area contributed by atoms with E-state index in [2.05, 4.69) is 9.88 Å². The molecule has 4 rings (SSSR count). The largest absolute Gasteiger partial charge is 0.369 e. The van der Waals surface area contributed by atoms with E-state index >= 15 is 0 Å². The third kappa shape index (κ3) is 3.94. The number of hydrogen-bond acceptors (Lipinski definition) is 5. The van der Waals surface area contributed by atoms with Crippen molar-refractivity contribution in [3.8, 4) is 11.1 Å². The van der Waals surface area contributed by atoms with Crippen molar-refractivity contribution in [2.45, 2.75) is 0 Å². The number of piperazine rings is 1. The van der Waals surface area contributed by atoms with E-state index in [1.807, 2.05) is 30.3 Å². The molecule has 7 nitrogen and oxygen atoms in total. The standard InChI is InChI=1S/C21H22N4O3S/c1-29(27,28)25-10-8-24(9-11-25)18-6-4-15(5-7-18)20-14-23-13-17-3-2-16(21(22)26)12-19(17)20/h2-7,12-14H,8-11H2,1H3,(H2,22,26). The number of nitrogens with two attached hydrogens (primary N) is 1. The van der Waals surface area contributed by atoms with Gasteiger partial charge >= 0.3 is 0 Å². The molecule has 1 saturated heterocycles. The summed E-state index contributed by atoms with van der Waals surface area (Å²) in [6, 6.07) is 13.5. The number of anilines is 1. The summed E-state index contributed by atoms with van der Waals surface area (Å²) in [7, 11) is -3.14. The number of rotatable bonds is 4. The van der Waals surface area contributed by atoms with Crippen molar-refractivity contribution >= 4 is 32.4 Å². The summed E-state index contributed by atoms with van der Waals surface area (Å²) >= 11 is 0. The van der Waals surface area contributed by atoms with Crippen LogP contribution in [-0.2, 0) is 10.0 Å². The molecular formula is C21H22N4O3S. The fourth-order valence-corrected chi connectivity index (χ4v) is 4.50. The van der Waals surface area contributed by atoms with E-state index < -0.39 is 15.9 Å². The quantitative estimate of drug-likeness (QED) is 0.710. The van der Waals surface area contributed by atoms with E-state index in [-0.39, 0.29) is 0 Å². The van der Waals surface area contributed by atoms with E-state index in [9.17, 15) is 13.2 Å². The minimum atomic E-state index is -3.14. The maximum absolute atomic E-state index is 11.7. The van der Waals surface area contributed by atoms with Gasteiger partial charge in [0.05, 0.1) is 6.26 Å². The molecule has 0 spiro atoms. The first-order chi connectivity index (χ1) is 13.8. The lowest BCUT2D eigenvalue weighted by molar-refractivity contribution is 0.100. The van der Waals surface area contributed by atoms with Crippen LogP contribution in [-0.4, -0.2) is 56.0 Å². The number of benzene rings is 2. The van der Waals surface area contributed by atoms with Gasteiger partial charge in [-0.15, -0.1) is 0 Å². The van der Waals surface area contributed by atoms with E-state index in [4.69, 9.17) is 5.73 Å². The number of nitrogens with zero attached hydrogens (tertiary/aromatic N) is 3. The number of sulfonamides is 1. The maximum Gasteiger partial charge on any atom is 0.248 e. The third-order valence-electron chi connectivity index (χ3n) is 5.30. The van der Waals surface area contributed by atoms with E-state index in [1.165, 1.54) is 10.6 Å². The number of amides is 1. The normalized spacial score (nSPS) is 15.6. The fourth-order valence-electron chi connectivity index (χ4n) is 3.68. The third-order valence-corrected chi connectivity index (χ3v) is 6.60. The lowest BCUT2D eigenvalue weighted by Gasteiger charge is -2.34. The van der Waals surface area contributed by atoms with E-state index in [0.29, 0.717) is 31.7 Å². The van der Waals surface area contributed by atoms with Crippen molar-refractivity contribution in [2.75, 3.05) is 37.3 Å². The van der Waals surface area contributed by atoms with Crippen molar-refractivity contribution in [1.29, 1.82) is 0 Å². The minimum Gasteiger partial charge on any atom is -0.369 e. The Bertz CT molecular complexity index is 1170. The molecule has 0 aliphatic carbocycles. The van der Waals surface area contributed by atoms with Gasteiger partial charge in [-0.2, -0.15) is 4.31 Å². The highest BCUT2D eigenvalue weighted by molar-refractivity contribution is 7.88. The van der Waals surface area contributed by atoms with Gasteiger partial charge in [0.25, 0.3) is 0 Å². The molecule has 1 aromatic heterocycles. The number of aromatic nitrogens is 1. The number of carbonyl (C=O) groups excluding carboxylic acids is 1. The summed E-state index contributed by atoms with van der Waals surface area (Å²) in [4.78, 5) is 18.1. The summed E-state index contributed by atoms with van der Waals surface area (Å²) < 4.78 is 24.9. The van der Waals surface area contributed by atoms with Crippen LogP contribution in [0.2, 0.25) is 0 Å². The second-order valence-corrected chi connectivity index (χ2v) is 9.17. The van der Waals surface area contributed by atoms with Gasteiger partial charge < -0.3 is 10.6 Å². The van der Waals surface area contributed by atoms with Gasteiger partial charge in [0.2, 0.25) is 15.9 Å². The molecule has 1 aliphatic rings. The van der Waals surface area contributed by atoms with Gasteiger partial charge in [-0.3, -0.25) is 9.78 Å². The van der Waals surface area contributed by atoms with Crippen LogP contribution in [0.25, 0.3) is 21.9 Å². The Labute approximate surface area is 169 Å². The van der Waals surface area contributed by atoms with Crippen molar-refractivity contribution in [2.24, 2.45) is 5.73 Å². The highest BCUT2D eigenvalue weighted by Crippen LogP contribution is 2.30. The molecule has 0 radical (unpaired) electrons. The molecule has 150 valence electrons. The van der Waals surface area contributed by atoms with E-state index in [1.54, 1.807) is 24.5 Å². The number of fused-ring (bicyclic) bond motifs is 1. The predicted octanol–water partition coefficient (Wildman–Crippen LogP) is 2.08. The van der Waals surface area contributed by atoms with Gasteiger partial charge in [0.15, 0.2) is 0 Å². The topological polar surface area (TPSA) is 96.6 Å². The SMILES string of the molecule is CS(=O)(=O)N1CCN(c2ccc(-c3cncc4ccc(C(N)=O)cc34)cc2)CC1. The monoisotopic (exact) mass is 410 g/mol. The zero-order valence-electron chi connectivity index (χ0n) is 16.1. The molecular weight excluding hydrogens is 388 g/mol. The van der Waals surface area contributed by atoms with Gasteiger partial charge in [-0.05, 0) is 35.2 Å². The number of primary amides is 1. The van der Waals surface area contributed by atoms with Crippen LogP contribution in [0, 0.1) is 0 Å². The molecule has 1 amide bonds. The highest BCUT2D eigenvalue weighted by atomic mass is 32.2. The van der Waals surface area contributed by atoms with Crippen LogP contribution in [0.4, 0.5) is 5.69 Å². The molecule has 8 heteroatoms. The minimum absolute atomic E-state index is 0.460. The Morgan fingerprint density at radius 3 is 2.31 bits per heavy atom. The molecule has 29 heavy (non-hydrogen) atoms. The first-order valence-electron chi connectivity index (χ1n) is 9.31. The summed E-state index contributed by atoms with van der Waals surface area (Å²) in [6.07, 6.45) is 4.80. The van der Waals surface area contributed by atoms with Crippen LogP contribution < -0.4 is 10.6 Å². The predicted molar refractivity (Wildman–Crippen MR) is 114 cm³/mol. The summed E-state index contributed by atoms with van der Waals surface area (Å²) in [6.45, 7) is 2.29. The second-order valence-electron chi connectivity index (χ2n) is 7.18. The van der Waals surface area contributed by atoms with Crippen LogP contribution in [0.3, 0.4) is 0 Å². The molecule has 1 fully saturated rings. The second kappa shape index (κ2) is 7.46. The molecule has 3 aromatic rings. The molecule has 2 heterocycles. The zero-order chi connectivity index (χ0) is 20.6. The molecule has 2 aromatic carbocycles. The lowest BCUT2D eigenvalue weighted by atomic mass is 9.99. The van der Waals surface area contributed by atoms with Crippen molar-refractivity contribution < 1.29 is 13.2 Å².